The van der Waals surface area contributed by atoms with Crippen LogP contribution in [0.2, 0.25) is 5.02 Å². The molecule has 3 aromatic rings. The van der Waals surface area contributed by atoms with Crippen molar-refractivity contribution in [1.29, 1.82) is 0 Å². The van der Waals surface area contributed by atoms with Crippen molar-refractivity contribution in [2.75, 3.05) is 0 Å². The average molecular weight is 429 g/mol. The van der Waals surface area contributed by atoms with Gasteiger partial charge in [0, 0.05) is 17.1 Å². The summed E-state index contributed by atoms with van der Waals surface area (Å²) in [6.07, 6.45) is 6.63. The van der Waals surface area contributed by atoms with Crippen molar-refractivity contribution in [3.63, 3.8) is 0 Å². The van der Waals surface area contributed by atoms with Gasteiger partial charge in [-0.05, 0) is 61.1 Å². The molecule has 2 aromatic carbocycles. The van der Waals surface area contributed by atoms with Gasteiger partial charge in [0.2, 0.25) is 10.0 Å². The van der Waals surface area contributed by atoms with Crippen LogP contribution in [0.4, 0.5) is 0 Å². The van der Waals surface area contributed by atoms with Gasteiger partial charge in [0.1, 0.15) is 0 Å². The molecule has 0 N–H and O–H groups in total. The largest absolute Gasteiger partial charge is 0.243 e. The highest BCUT2D eigenvalue weighted by Gasteiger charge is 2.48. The maximum Gasteiger partial charge on any atom is 0.243 e. The Kier molecular flexibility index (Phi) is 4.69. The molecule has 1 aromatic heterocycles. The Balaban J connectivity index is 1.45. The molecule has 2 bridgehead atoms. The van der Waals surface area contributed by atoms with Crippen LogP contribution in [0.25, 0.3) is 11.1 Å². The van der Waals surface area contributed by atoms with Crippen LogP contribution in [0.1, 0.15) is 31.7 Å². The molecule has 2 unspecified atom stereocenters. The molecule has 3 heterocycles. The van der Waals surface area contributed by atoms with E-state index in [0.717, 1.165) is 36.8 Å². The first-order chi connectivity index (χ1) is 14.0. The molecule has 5 rings (SSSR count). The van der Waals surface area contributed by atoms with Gasteiger partial charge in [-0.15, -0.1) is 0 Å². The Morgan fingerprint density at radius 3 is 2.17 bits per heavy atom. The minimum atomic E-state index is -3.57. The lowest BCUT2D eigenvalue weighted by molar-refractivity contribution is 0.174. The Morgan fingerprint density at radius 1 is 0.862 bits per heavy atom. The molecular weight excluding hydrogens is 408 g/mol. The molecule has 0 saturated carbocycles. The first-order valence-corrected chi connectivity index (χ1v) is 11.6. The van der Waals surface area contributed by atoms with Crippen molar-refractivity contribution in [3.8, 4) is 11.1 Å². The number of aromatic nitrogens is 3. The lowest BCUT2D eigenvalue weighted by atomic mass is 10.0. The summed E-state index contributed by atoms with van der Waals surface area (Å²) >= 11 is 5.98. The summed E-state index contributed by atoms with van der Waals surface area (Å²) in [5.74, 6) is 0. The number of piperidine rings is 1. The highest BCUT2D eigenvalue weighted by Crippen LogP contribution is 2.43. The second kappa shape index (κ2) is 7.23. The molecule has 2 saturated heterocycles. The van der Waals surface area contributed by atoms with E-state index in [0.29, 0.717) is 9.92 Å². The van der Waals surface area contributed by atoms with E-state index in [-0.39, 0.29) is 18.1 Å². The topological polar surface area (TPSA) is 68.1 Å². The Labute approximate surface area is 175 Å². The molecule has 150 valence electrons. The van der Waals surface area contributed by atoms with Gasteiger partial charge in [-0.1, -0.05) is 35.9 Å². The summed E-state index contributed by atoms with van der Waals surface area (Å²) in [5.41, 5.74) is 1.81. The summed E-state index contributed by atoms with van der Waals surface area (Å²) in [5, 5.41) is 9.18. The second-order valence-corrected chi connectivity index (χ2v) is 10.0. The summed E-state index contributed by atoms with van der Waals surface area (Å²) < 4.78 is 28.8. The average Bonchev–Trinajstić information content (AvgIpc) is 3.36. The monoisotopic (exact) mass is 428 g/mol. The van der Waals surface area contributed by atoms with Crippen molar-refractivity contribution in [2.24, 2.45) is 0 Å². The first kappa shape index (κ1) is 18.8. The number of nitrogens with zero attached hydrogens (tertiary/aromatic N) is 4. The van der Waals surface area contributed by atoms with E-state index < -0.39 is 10.0 Å². The minimum absolute atomic E-state index is 0.00561. The zero-order valence-corrected chi connectivity index (χ0v) is 17.3. The number of hydrogen-bond donors (Lipinski definition) is 0. The number of benzene rings is 2. The predicted octanol–water partition coefficient (Wildman–Crippen LogP) is 4.16. The molecule has 2 fully saturated rings. The lowest BCUT2D eigenvalue weighted by Gasteiger charge is -2.37. The van der Waals surface area contributed by atoms with Gasteiger partial charge in [0.05, 0.1) is 23.3 Å². The summed E-state index contributed by atoms with van der Waals surface area (Å²) in [6.45, 7) is 0. The van der Waals surface area contributed by atoms with Crippen LogP contribution < -0.4 is 0 Å². The third kappa shape index (κ3) is 3.37. The summed E-state index contributed by atoms with van der Waals surface area (Å²) in [4.78, 5) is 2.08. The zero-order valence-electron chi connectivity index (χ0n) is 15.7. The maximum absolute atomic E-state index is 13.5. The fourth-order valence-electron chi connectivity index (χ4n) is 4.70. The van der Waals surface area contributed by atoms with Crippen LogP contribution in [0.3, 0.4) is 0 Å². The van der Waals surface area contributed by atoms with Crippen LogP contribution in [0.15, 0.2) is 65.8 Å². The van der Waals surface area contributed by atoms with E-state index in [1.165, 1.54) is 0 Å². The SMILES string of the molecule is O=S(=O)(c1cccc(-c2ccc(Cl)cc2)c1)N1C2CCC1CC(n1nccn1)C2. The fourth-order valence-corrected chi connectivity index (χ4v) is 6.76. The lowest BCUT2D eigenvalue weighted by Crippen LogP contribution is -2.47. The van der Waals surface area contributed by atoms with Crippen molar-refractivity contribution >= 4 is 21.6 Å². The van der Waals surface area contributed by atoms with Crippen LogP contribution in [-0.2, 0) is 10.0 Å². The molecule has 2 aliphatic rings. The molecule has 2 atom stereocenters. The normalized spacial score (nSPS) is 24.7. The van der Waals surface area contributed by atoms with Gasteiger partial charge in [-0.3, -0.25) is 0 Å². The highest BCUT2D eigenvalue weighted by atomic mass is 35.5. The second-order valence-electron chi connectivity index (χ2n) is 7.73. The number of halogens is 1. The van der Waals surface area contributed by atoms with Crippen LogP contribution >= 0.6 is 11.6 Å². The maximum atomic E-state index is 13.5. The quantitative estimate of drug-likeness (QED) is 0.625. The fraction of sp³-hybridized carbons (Fsp3) is 0.333. The minimum Gasteiger partial charge on any atom is -0.207 e. The van der Waals surface area contributed by atoms with E-state index in [2.05, 4.69) is 10.2 Å². The highest BCUT2D eigenvalue weighted by molar-refractivity contribution is 7.89. The first-order valence-electron chi connectivity index (χ1n) is 9.78. The van der Waals surface area contributed by atoms with Gasteiger partial charge in [-0.2, -0.15) is 19.3 Å². The molecule has 6 nitrogen and oxygen atoms in total. The molecule has 2 aliphatic heterocycles. The zero-order chi connectivity index (χ0) is 20.0. The van der Waals surface area contributed by atoms with Crippen molar-refractivity contribution in [3.05, 3.63) is 65.9 Å². The van der Waals surface area contributed by atoms with E-state index in [9.17, 15) is 8.42 Å². The number of fused-ring (bicyclic) bond motifs is 2. The van der Waals surface area contributed by atoms with E-state index in [1.54, 1.807) is 39.7 Å². The number of hydrogen-bond acceptors (Lipinski definition) is 4. The standard InChI is InChI=1S/C21H21ClN4O2S/c22-17-6-4-15(5-7-17)16-2-1-3-21(12-16)29(27,28)25-18-8-9-19(25)14-20(13-18)26-23-10-11-24-26/h1-7,10-12,18-20H,8-9,13-14H2. The molecule has 0 radical (unpaired) electrons. The third-order valence-corrected chi connectivity index (χ3v) is 8.24. The van der Waals surface area contributed by atoms with E-state index in [4.69, 9.17) is 11.6 Å². The number of sulfonamides is 1. The summed E-state index contributed by atoms with van der Waals surface area (Å²) in [7, 11) is -3.57. The van der Waals surface area contributed by atoms with Crippen LogP contribution in [0.5, 0.6) is 0 Å². The number of rotatable bonds is 4. The van der Waals surface area contributed by atoms with Crippen molar-refractivity contribution in [2.45, 2.75) is 48.7 Å². The van der Waals surface area contributed by atoms with Crippen molar-refractivity contribution in [1.82, 2.24) is 19.3 Å². The van der Waals surface area contributed by atoms with Crippen LogP contribution in [-0.4, -0.2) is 39.8 Å². The van der Waals surface area contributed by atoms with Gasteiger partial charge >= 0.3 is 0 Å². The van der Waals surface area contributed by atoms with Gasteiger partial charge in [-0.25, -0.2) is 8.42 Å². The van der Waals surface area contributed by atoms with Gasteiger partial charge < -0.3 is 0 Å². The predicted molar refractivity (Wildman–Crippen MR) is 111 cm³/mol. The van der Waals surface area contributed by atoms with Crippen molar-refractivity contribution < 1.29 is 8.42 Å². The summed E-state index contributed by atoms with van der Waals surface area (Å²) in [6, 6.07) is 14.8. The Morgan fingerprint density at radius 2 is 1.52 bits per heavy atom. The van der Waals surface area contributed by atoms with Gasteiger partial charge in [0.15, 0.2) is 0 Å². The molecule has 0 amide bonds. The third-order valence-electron chi connectivity index (χ3n) is 5.99. The smallest absolute Gasteiger partial charge is 0.207 e. The van der Waals surface area contributed by atoms with E-state index >= 15 is 0 Å². The Bertz CT molecular complexity index is 1100. The molecule has 8 heteroatoms. The molecule has 0 aliphatic carbocycles. The van der Waals surface area contributed by atoms with Crippen LogP contribution in [0, 0.1) is 0 Å². The van der Waals surface area contributed by atoms with Gasteiger partial charge in [0.25, 0.3) is 0 Å². The molecule has 29 heavy (non-hydrogen) atoms. The molecular formula is C21H21ClN4O2S. The Hall–Kier alpha value is -2.22. The van der Waals surface area contributed by atoms with E-state index in [1.807, 2.05) is 30.3 Å². The molecule has 0 spiro atoms.